The number of rotatable bonds is 4. The van der Waals surface area contributed by atoms with E-state index in [1.165, 1.54) is 12.8 Å². The highest BCUT2D eigenvalue weighted by Gasteiger charge is 2.51. The van der Waals surface area contributed by atoms with Crippen molar-refractivity contribution in [1.82, 2.24) is 10.2 Å². The smallest absolute Gasteiger partial charge is 0.226 e. The molecule has 1 amide bonds. The zero-order chi connectivity index (χ0) is 12.5. The summed E-state index contributed by atoms with van der Waals surface area (Å²) in [6.07, 6.45) is 3.52. The number of hydrogen-bond acceptors (Lipinski definition) is 2. The van der Waals surface area contributed by atoms with Crippen molar-refractivity contribution >= 4 is 5.91 Å². The predicted molar refractivity (Wildman–Crippen MR) is 69.7 cm³/mol. The Morgan fingerprint density at radius 2 is 1.94 bits per heavy atom. The molecule has 1 aliphatic carbocycles. The van der Waals surface area contributed by atoms with Gasteiger partial charge in [0.25, 0.3) is 0 Å². The van der Waals surface area contributed by atoms with E-state index in [0.29, 0.717) is 17.7 Å². The van der Waals surface area contributed by atoms with Crippen LogP contribution in [0.5, 0.6) is 0 Å². The fourth-order valence-corrected chi connectivity index (χ4v) is 2.86. The molecule has 1 unspecified atom stereocenters. The molecule has 0 aromatic rings. The van der Waals surface area contributed by atoms with Gasteiger partial charge in [-0.3, -0.25) is 4.79 Å². The Bertz CT molecular complexity index is 282. The van der Waals surface area contributed by atoms with Gasteiger partial charge < -0.3 is 10.2 Å². The first-order valence-electron chi connectivity index (χ1n) is 7.04. The van der Waals surface area contributed by atoms with Gasteiger partial charge in [-0.2, -0.15) is 0 Å². The number of hydrogen-bond donors (Lipinski definition) is 1. The predicted octanol–water partition coefficient (Wildman–Crippen LogP) is 1.88. The summed E-state index contributed by atoms with van der Waals surface area (Å²) in [6.45, 7) is 10.6. The molecular weight excluding hydrogens is 212 g/mol. The number of nitrogens with zero attached hydrogens (tertiary/aromatic N) is 1. The zero-order valence-electron chi connectivity index (χ0n) is 11.5. The lowest BCUT2D eigenvalue weighted by Crippen LogP contribution is -2.40. The first-order valence-corrected chi connectivity index (χ1v) is 7.04. The van der Waals surface area contributed by atoms with E-state index in [1.54, 1.807) is 0 Å². The summed E-state index contributed by atoms with van der Waals surface area (Å²) in [6, 6.07) is 0. The molecule has 2 aliphatic rings. The van der Waals surface area contributed by atoms with Crippen molar-refractivity contribution in [2.45, 2.75) is 40.0 Å². The minimum Gasteiger partial charge on any atom is -0.342 e. The molecule has 1 saturated carbocycles. The minimum atomic E-state index is 0.263. The Balaban J connectivity index is 1.85. The summed E-state index contributed by atoms with van der Waals surface area (Å²) >= 11 is 0. The average Bonchev–Trinajstić information content (AvgIpc) is 2.96. The second-order valence-electron chi connectivity index (χ2n) is 6.32. The van der Waals surface area contributed by atoms with E-state index in [-0.39, 0.29) is 5.41 Å². The number of carbonyl (C=O) groups excluding carboxylic acids is 1. The van der Waals surface area contributed by atoms with Crippen molar-refractivity contribution in [3.8, 4) is 0 Å². The Labute approximate surface area is 105 Å². The van der Waals surface area contributed by atoms with Crippen LogP contribution in [-0.2, 0) is 4.79 Å². The van der Waals surface area contributed by atoms with Crippen LogP contribution in [0.4, 0.5) is 0 Å². The monoisotopic (exact) mass is 238 g/mol. The van der Waals surface area contributed by atoms with Crippen molar-refractivity contribution in [2.24, 2.45) is 17.3 Å². The maximum absolute atomic E-state index is 12.3. The summed E-state index contributed by atoms with van der Waals surface area (Å²) in [5.74, 6) is 1.40. The highest BCUT2D eigenvalue weighted by Crippen LogP contribution is 2.52. The molecule has 1 heterocycles. The molecule has 1 aliphatic heterocycles. The van der Waals surface area contributed by atoms with E-state index in [1.807, 2.05) is 0 Å². The quantitative estimate of drug-likeness (QED) is 0.811. The zero-order valence-corrected chi connectivity index (χ0v) is 11.5. The molecule has 0 radical (unpaired) electrons. The fraction of sp³-hybridized carbons (Fsp3) is 0.929. The van der Waals surface area contributed by atoms with E-state index >= 15 is 0 Å². The first kappa shape index (κ1) is 12.9. The van der Waals surface area contributed by atoms with Gasteiger partial charge in [0.2, 0.25) is 5.91 Å². The number of amides is 1. The van der Waals surface area contributed by atoms with E-state index in [9.17, 15) is 4.79 Å². The molecular formula is C14H26N2O. The third kappa shape index (κ3) is 3.01. The van der Waals surface area contributed by atoms with Crippen molar-refractivity contribution in [3.63, 3.8) is 0 Å². The van der Waals surface area contributed by atoms with Gasteiger partial charge in [0.15, 0.2) is 0 Å². The van der Waals surface area contributed by atoms with Gasteiger partial charge in [-0.25, -0.2) is 0 Å². The summed E-state index contributed by atoms with van der Waals surface area (Å²) < 4.78 is 0. The molecule has 1 N–H and O–H groups in total. The van der Waals surface area contributed by atoms with Gasteiger partial charge in [0.1, 0.15) is 0 Å². The van der Waals surface area contributed by atoms with Gasteiger partial charge in [-0.15, -0.1) is 0 Å². The highest BCUT2D eigenvalue weighted by molar-refractivity contribution is 5.82. The molecule has 3 nitrogen and oxygen atoms in total. The standard InChI is InChI=1S/C14H26N2O/c1-4-16(10-11-5-7-15-8-6-11)13(17)12-9-14(12,2)3/h11-12,15H,4-10H2,1-3H3. The van der Waals surface area contributed by atoms with Gasteiger partial charge >= 0.3 is 0 Å². The highest BCUT2D eigenvalue weighted by atomic mass is 16.2. The largest absolute Gasteiger partial charge is 0.342 e. The van der Waals surface area contributed by atoms with Crippen LogP contribution in [0.15, 0.2) is 0 Å². The fourth-order valence-electron chi connectivity index (χ4n) is 2.86. The normalized spacial score (nSPS) is 27.8. The molecule has 0 aromatic carbocycles. The Hall–Kier alpha value is -0.570. The summed E-state index contributed by atoms with van der Waals surface area (Å²) in [5, 5.41) is 3.38. The molecule has 3 heteroatoms. The van der Waals surface area contributed by atoms with Gasteiger partial charge in [-0.1, -0.05) is 13.8 Å². The lowest BCUT2D eigenvalue weighted by atomic mass is 9.97. The van der Waals surface area contributed by atoms with Crippen molar-refractivity contribution in [1.29, 1.82) is 0 Å². The third-order valence-corrected chi connectivity index (χ3v) is 4.44. The van der Waals surface area contributed by atoms with E-state index in [0.717, 1.165) is 32.6 Å². The maximum atomic E-state index is 12.3. The average molecular weight is 238 g/mol. The Kier molecular flexibility index (Phi) is 3.76. The second kappa shape index (κ2) is 4.97. The SMILES string of the molecule is CCN(CC1CCNCC1)C(=O)C1CC1(C)C. The molecule has 1 atom stereocenters. The second-order valence-corrected chi connectivity index (χ2v) is 6.32. The van der Waals surface area contributed by atoms with Crippen LogP contribution in [0, 0.1) is 17.3 Å². The number of carbonyl (C=O) groups is 1. The third-order valence-electron chi connectivity index (χ3n) is 4.44. The maximum Gasteiger partial charge on any atom is 0.226 e. The molecule has 0 spiro atoms. The van der Waals surface area contributed by atoms with Gasteiger partial charge in [0.05, 0.1) is 0 Å². The van der Waals surface area contributed by atoms with Crippen LogP contribution in [0.3, 0.4) is 0 Å². The lowest BCUT2D eigenvalue weighted by Gasteiger charge is -2.30. The number of nitrogens with one attached hydrogen (secondary N) is 1. The molecule has 98 valence electrons. The first-order chi connectivity index (χ1) is 8.04. The Morgan fingerprint density at radius 1 is 1.35 bits per heavy atom. The van der Waals surface area contributed by atoms with Crippen LogP contribution in [0.1, 0.15) is 40.0 Å². The summed E-state index contributed by atoms with van der Waals surface area (Å²) in [4.78, 5) is 14.4. The molecule has 0 aromatic heterocycles. The molecule has 17 heavy (non-hydrogen) atoms. The van der Waals surface area contributed by atoms with E-state index < -0.39 is 0 Å². The Morgan fingerprint density at radius 3 is 2.41 bits per heavy atom. The van der Waals surface area contributed by atoms with Crippen LogP contribution >= 0.6 is 0 Å². The van der Waals surface area contributed by atoms with Crippen LogP contribution in [0.25, 0.3) is 0 Å². The van der Waals surface area contributed by atoms with Crippen LogP contribution in [-0.4, -0.2) is 37.0 Å². The van der Waals surface area contributed by atoms with Crippen LogP contribution < -0.4 is 5.32 Å². The topological polar surface area (TPSA) is 32.3 Å². The van der Waals surface area contributed by atoms with Crippen LogP contribution in [0.2, 0.25) is 0 Å². The minimum absolute atomic E-state index is 0.263. The van der Waals surface area contributed by atoms with E-state index in [2.05, 4.69) is 31.0 Å². The molecule has 2 rings (SSSR count). The lowest BCUT2D eigenvalue weighted by molar-refractivity contribution is -0.133. The van der Waals surface area contributed by atoms with Crippen molar-refractivity contribution < 1.29 is 4.79 Å². The van der Waals surface area contributed by atoms with Gasteiger partial charge in [-0.05, 0) is 50.6 Å². The van der Waals surface area contributed by atoms with Crippen molar-refractivity contribution in [2.75, 3.05) is 26.2 Å². The molecule has 1 saturated heterocycles. The number of piperidine rings is 1. The summed E-state index contributed by atoms with van der Waals surface area (Å²) in [7, 11) is 0. The molecule has 2 fully saturated rings. The van der Waals surface area contributed by atoms with Crippen molar-refractivity contribution in [3.05, 3.63) is 0 Å². The summed E-state index contributed by atoms with van der Waals surface area (Å²) in [5.41, 5.74) is 0.263. The van der Waals surface area contributed by atoms with E-state index in [4.69, 9.17) is 0 Å². The van der Waals surface area contributed by atoms with Gasteiger partial charge in [0, 0.05) is 19.0 Å². The molecule has 0 bridgehead atoms.